The minimum atomic E-state index is -3.83. The molecule has 4 aromatic rings. The van der Waals surface area contributed by atoms with E-state index < -0.39 is 10.0 Å². The highest BCUT2D eigenvalue weighted by Gasteiger charge is 2.20. The number of anilines is 1. The van der Waals surface area contributed by atoms with Gasteiger partial charge in [-0.05, 0) is 42.8 Å². The number of aryl methyl sites for hydroxylation is 1. The van der Waals surface area contributed by atoms with Crippen molar-refractivity contribution in [3.05, 3.63) is 72.6 Å². The van der Waals surface area contributed by atoms with E-state index in [1.165, 1.54) is 26.4 Å². The van der Waals surface area contributed by atoms with Gasteiger partial charge in [0.25, 0.3) is 10.0 Å². The van der Waals surface area contributed by atoms with Crippen LogP contribution in [0.3, 0.4) is 0 Å². The summed E-state index contributed by atoms with van der Waals surface area (Å²) in [5, 5.41) is 0. The van der Waals surface area contributed by atoms with Gasteiger partial charge in [-0.2, -0.15) is 0 Å². The molecule has 0 aliphatic rings. The smallest absolute Gasteiger partial charge is 0.265 e. The lowest BCUT2D eigenvalue weighted by Gasteiger charge is -2.13. The monoisotopic (exact) mass is 423 g/mol. The van der Waals surface area contributed by atoms with Crippen LogP contribution in [0, 0.1) is 6.92 Å². The highest BCUT2D eigenvalue weighted by Crippen LogP contribution is 2.30. The highest BCUT2D eigenvalue weighted by atomic mass is 32.2. The minimum Gasteiger partial charge on any atom is -0.497 e. The summed E-state index contributed by atoms with van der Waals surface area (Å²) in [4.78, 5) is 4.70. The molecule has 8 heteroatoms. The van der Waals surface area contributed by atoms with E-state index in [9.17, 15) is 8.42 Å². The number of pyridine rings is 1. The van der Waals surface area contributed by atoms with Gasteiger partial charge in [0.1, 0.15) is 22.0 Å². The number of aromatic nitrogens is 2. The predicted octanol–water partition coefficient (Wildman–Crippen LogP) is 4.13. The number of hydrogen-bond acceptors (Lipinski definition) is 5. The van der Waals surface area contributed by atoms with Gasteiger partial charge >= 0.3 is 0 Å². The Bertz CT molecular complexity index is 1310. The van der Waals surface area contributed by atoms with E-state index in [0.29, 0.717) is 11.4 Å². The standard InChI is InChI=1S/C22H21N3O4S/c1-15-5-4-12-25-14-19(23-22(15)25)16-6-8-17(9-7-16)24-30(26,27)21-11-10-18(28-2)13-20(21)29-3/h4-14,24H,1-3H3. The summed E-state index contributed by atoms with van der Waals surface area (Å²) in [5.74, 6) is 0.719. The Kier molecular flexibility index (Phi) is 5.09. The molecule has 154 valence electrons. The fraction of sp³-hybridized carbons (Fsp3) is 0.136. The van der Waals surface area contributed by atoms with Gasteiger partial charge in [-0.15, -0.1) is 0 Å². The molecule has 0 saturated carbocycles. The van der Waals surface area contributed by atoms with Gasteiger partial charge in [-0.3, -0.25) is 4.72 Å². The summed E-state index contributed by atoms with van der Waals surface area (Å²) in [6.07, 6.45) is 3.90. The first-order valence-corrected chi connectivity index (χ1v) is 10.7. The predicted molar refractivity (Wildman–Crippen MR) is 116 cm³/mol. The molecule has 30 heavy (non-hydrogen) atoms. The van der Waals surface area contributed by atoms with E-state index in [1.807, 2.05) is 48.0 Å². The molecule has 0 saturated heterocycles. The van der Waals surface area contributed by atoms with E-state index in [0.717, 1.165) is 22.5 Å². The van der Waals surface area contributed by atoms with Gasteiger partial charge in [-0.1, -0.05) is 18.2 Å². The van der Waals surface area contributed by atoms with Crippen molar-refractivity contribution in [3.8, 4) is 22.8 Å². The average molecular weight is 423 g/mol. The van der Waals surface area contributed by atoms with Gasteiger partial charge in [0.15, 0.2) is 0 Å². The average Bonchev–Trinajstić information content (AvgIpc) is 3.19. The van der Waals surface area contributed by atoms with Crippen molar-refractivity contribution >= 4 is 21.4 Å². The second-order valence-corrected chi connectivity index (χ2v) is 8.40. The first-order valence-electron chi connectivity index (χ1n) is 9.21. The van der Waals surface area contributed by atoms with Crippen LogP contribution in [0.5, 0.6) is 11.5 Å². The largest absolute Gasteiger partial charge is 0.497 e. The highest BCUT2D eigenvalue weighted by molar-refractivity contribution is 7.92. The topological polar surface area (TPSA) is 81.9 Å². The number of nitrogens with zero attached hydrogens (tertiary/aromatic N) is 2. The summed E-state index contributed by atoms with van der Waals surface area (Å²) < 4.78 is 40.6. The van der Waals surface area contributed by atoms with E-state index >= 15 is 0 Å². The zero-order valence-electron chi connectivity index (χ0n) is 16.8. The molecule has 2 heterocycles. The molecule has 2 aromatic carbocycles. The molecule has 0 unspecified atom stereocenters. The number of nitrogens with one attached hydrogen (secondary N) is 1. The summed E-state index contributed by atoms with van der Waals surface area (Å²) in [6.45, 7) is 2.01. The lowest BCUT2D eigenvalue weighted by molar-refractivity contribution is 0.386. The molecular weight excluding hydrogens is 402 g/mol. The second-order valence-electron chi connectivity index (χ2n) is 6.75. The van der Waals surface area contributed by atoms with Gasteiger partial charge in [0, 0.05) is 29.7 Å². The molecule has 0 aliphatic carbocycles. The van der Waals surface area contributed by atoms with Gasteiger partial charge in [-0.25, -0.2) is 13.4 Å². The SMILES string of the molecule is COc1ccc(S(=O)(=O)Nc2ccc(-c3cn4cccc(C)c4n3)cc2)c(OC)c1. The first kappa shape index (κ1) is 19.8. The van der Waals surface area contributed by atoms with E-state index in [1.54, 1.807) is 18.2 Å². The molecule has 0 spiro atoms. The molecule has 0 bridgehead atoms. The van der Waals surface area contributed by atoms with Crippen molar-refractivity contribution in [1.29, 1.82) is 0 Å². The maximum Gasteiger partial charge on any atom is 0.265 e. The van der Waals surface area contributed by atoms with E-state index in [-0.39, 0.29) is 10.6 Å². The molecule has 0 radical (unpaired) electrons. The van der Waals surface area contributed by atoms with Crippen molar-refractivity contribution in [3.63, 3.8) is 0 Å². The van der Waals surface area contributed by atoms with Crippen LogP contribution in [0.25, 0.3) is 16.9 Å². The maximum atomic E-state index is 12.8. The fourth-order valence-electron chi connectivity index (χ4n) is 3.21. The molecular formula is C22H21N3O4S. The van der Waals surface area contributed by atoms with Gasteiger partial charge < -0.3 is 13.9 Å². The Balaban J connectivity index is 1.60. The number of fused-ring (bicyclic) bond motifs is 1. The fourth-order valence-corrected chi connectivity index (χ4v) is 4.42. The Morgan fingerprint density at radius 1 is 1.00 bits per heavy atom. The van der Waals surface area contributed by atoms with Crippen LogP contribution in [0.2, 0.25) is 0 Å². The molecule has 0 fully saturated rings. The summed E-state index contributed by atoms with van der Waals surface area (Å²) in [7, 11) is -0.912. The normalized spacial score (nSPS) is 11.4. The lowest BCUT2D eigenvalue weighted by Crippen LogP contribution is -2.14. The molecule has 0 atom stereocenters. The molecule has 1 N–H and O–H groups in total. The number of benzene rings is 2. The Morgan fingerprint density at radius 2 is 1.77 bits per heavy atom. The Labute approximate surface area is 175 Å². The van der Waals surface area contributed by atoms with Crippen molar-refractivity contribution < 1.29 is 17.9 Å². The number of ether oxygens (including phenoxy) is 2. The van der Waals surface area contributed by atoms with Crippen molar-refractivity contribution in [2.24, 2.45) is 0 Å². The van der Waals surface area contributed by atoms with E-state index in [4.69, 9.17) is 9.47 Å². The quantitative estimate of drug-likeness (QED) is 0.504. The second kappa shape index (κ2) is 7.72. The molecule has 2 aromatic heterocycles. The third kappa shape index (κ3) is 3.69. The van der Waals surface area contributed by atoms with Crippen LogP contribution in [0.1, 0.15) is 5.56 Å². The Hall–Kier alpha value is -3.52. The summed E-state index contributed by atoms with van der Waals surface area (Å²) in [5.41, 5.74) is 4.13. The number of hydrogen-bond donors (Lipinski definition) is 1. The zero-order valence-corrected chi connectivity index (χ0v) is 17.6. The van der Waals surface area contributed by atoms with Crippen molar-refractivity contribution in [2.75, 3.05) is 18.9 Å². The van der Waals surface area contributed by atoms with Crippen LogP contribution < -0.4 is 14.2 Å². The number of imidazole rings is 1. The lowest BCUT2D eigenvalue weighted by atomic mass is 10.1. The van der Waals surface area contributed by atoms with Crippen molar-refractivity contribution in [1.82, 2.24) is 9.38 Å². The molecule has 0 amide bonds. The third-order valence-corrected chi connectivity index (χ3v) is 6.19. The number of rotatable bonds is 6. The Morgan fingerprint density at radius 3 is 2.43 bits per heavy atom. The third-order valence-electron chi connectivity index (χ3n) is 4.77. The van der Waals surface area contributed by atoms with Crippen LogP contribution in [-0.4, -0.2) is 32.0 Å². The van der Waals surface area contributed by atoms with Crippen LogP contribution in [0.15, 0.2) is 71.9 Å². The molecule has 0 aliphatic heterocycles. The van der Waals surface area contributed by atoms with Crippen LogP contribution >= 0.6 is 0 Å². The number of methoxy groups -OCH3 is 2. The van der Waals surface area contributed by atoms with Gasteiger partial charge in [0.05, 0.1) is 19.9 Å². The molecule has 4 rings (SSSR count). The zero-order chi connectivity index (χ0) is 21.3. The number of sulfonamides is 1. The van der Waals surface area contributed by atoms with Crippen LogP contribution in [-0.2, 0) is 10.0 Å². The molecule has 7 nitrogen and oxygen atoms in total. The first-order chi connectivity index (χ1) is 14.4. The van der Waals surface area contributed by atoms with E-state index in [2.05, 4.69) is 9.71 Å². The summed E-state index contributed by atoms with van der Waals surface area (Å²) >= 11 is 0. The maximum absolute atomic E-state index is 12.8. The summed E-state index contributed by atoms with van der Waals surface area (Å²) in [6, 6.07) is 15.6. The van der Waals surface area contributed by atoms with Gasteiger partial charge in [0.2, 0.25) is 0 Å². The minimum absolute atomic E-state index is 0.0331. The van der Waals surface area contributed by atoms with Crippen LogP contribution in [0.4, 0.5) is 5.69 Å². The van der Waals surface area contributed by atoms with Crippen molar-refractivity contribution in [2.45, 2.75) is 11.8 Å².